The van der Waals surface area contributed by atoms with E-state index in [9.17, 15) is 18.8 Å². The quantitative estimate of drug-likeness (QED) is 0.697. The maximum atomic E-state index is 12.7. The summed E-state index contributed by atoms with van der Waals surface area (Å²) < 4.78 is 25.5. The van der Waals surface area contributed by atoms with Gasteiger partial charge in [0.2, 0.25) is 9.84 Å². The van der Waals surface area contributed by atoms with Gasteiger partial charge in [-0.05, 0) is 46.0 Å². The fourth-order valence-corrected chi connectivity index (χ4v) is 4.93. The first-order valence-electron chi connectivity index (χ1n) is 8.55. The van der Waals surface area contributed by atoms with Crippen LogP contribution in [0.4, 0.5) is 0 Å². The first-order valence-corrected chi connectivity index (χ1v) is 11.0. The number of phenolic OH excluding ortho intramolecular Hbond substituents is 1. The van der Waals surface area contributed by atoms with Gasteiger partial charge in [0, 0.05) is 16.5 Å². The number of nitrogens with zero attached hydrogens (tertiary/aromatic N) is 1. The van der Waals surface area contributed by atoms with Gasteiger partial charge in [0.15, 0.2) is 0 Å². The van der Waals surface area contributed by atoms with Gasteiger partial charge in [-0.1, -0.05) is 41.5 Å². The lowest BCUT2D eigenvalue weighted by atomic mass is 9.78. The zero-order chi connectivity index (χ0) is 20.6. The highest BCUT2D eigenvalue weighted by molar-refractivity contribution is 7.95. The number of rotatable bonds is 3. The van der Waals surface area contributed by atoms with Gasteiger partial charge >= 0.3 is 0 Å². The zero-order valence-electron chi connectivity index (χ0n) is 16.5. The highest BCUT2D eigenvalue weighted by atomic mass is 32.2. The minimum absolute atomic E-state index is 0.117. The van der Waals surface area contributed by atoms with Gasteiger partial charge in [-0.15, -0.1) is 0 Å². The van der Waals surface area contributed by atoms with Crippen molar-refractivity contribution in [1.29, 1.82) is 5.26 Å². The number of benzene rings is 1. The maximum Gasteiger partial charge on any atom is 0.217 e. The van der Waals surface area contributed by atoms with Crippen LogP contribution in [0.15, 0.2) is 38.8 Å². The van der Waals surface area contributed by atoms with E-state index in [0.717, 1.165) is 0 Å². The summed E-state index contributed by atoms with van der Waals surface area (Å²) in [5.41, 5.74) is 1.33. The Kier molecular flexibility index (Phi) is 5.61. The second-order valence-corrected chi connectivity index (χ2v) is 11.2. The van der Waals surface area contributed by atoms with Crippen molar-refractivity contribution in [3.63, 3.8) is 0 Å². The highest BCUT2D eigenvalue weighted by Crippen LogP contribution is 2.40. The summed E-state index contributed by atoms with van der Waals surface area (Å²) >= 11 is 1.27. The molecule has 0 unspecified atom stereocenters. The molecule has 1 heterocycles. The number of hydrogen-bond donors (Lipinski definition) is 1. The molecule has 2 aromatic rings. The Morgan fingerprint density at radius 2 is 1.63 bits per heavy atom. The molecule has 0 amide bonds. The molecule has 144 valence electrons. The lowest BCUT2D eigenvalue weighted by molar-refractivity contribution is 0.423. The van der Waals surface area contributed by atoms with Gasteiger partial charge in [0.1, 0.15) is 16.7 Å². The summed E-state index contributed by atoms with van der Waals surface area (Å²) in [5.74, 6) is 0.214. The predicted molar refractivity (Wildman–Crippen MR) is 111 cm³/mol. The van der Waals surface area contributed by atoms with E-state index in [1.165, 1.54) is 28.9 Å². The Balaban J connectivity index is 2.75. The summed E-state index contributed by atoms with van der Waals surface area (Å²) in [6.07, 6.45) is 1.39. The number of nitriles is 1. The molecule has 0 saturated carbocycles. The molecule has 0 fully saturated rings. The minimum atomic E-state index is -3.86. The van der Waals surface area contributed by atoms with E-state index in [1.807, 2.05) is 47.6 Å². The largest absolute Gasteiger partial charge is 0.507 e. The van der Waals surface area contributed by atoms with Crippen LogP contribution in [0.1, 0.15) is 58.2 Å². The van der Waals surface area contributed by atoms with Crippen LogP contribution >= 0.6 is 11.3 Å². The van der Waals surface area contributed by atoms with E-state index in [0.29, 0.717) is 16.7 Å². The smallest absolute Gasteiger partial charge is 0.217 e. The van der Waals surface area contributed by atoms with Crippen molar-refractivity contribution in [2.75, 3.05) is 0 Å². The fraction of sp³-hybridized carbons (Fsp3) is 0.381. The Morgan fingerprint density at radius 3 is 2.00 bits per heavy atom. The van der Waals surface area contributed by atoms with Crippen LogP contribution in [-0.4, -0.2) is 13.5 Å². The molecule has 1 N–H and O–H groups in total. The molecule has 6 heteroatoms. The third-order valence-electron chi connectivity index (χ3n) is 4.25. The van der Waals surface area contributed by atoms with Crippen LogP contribution in [-0.2, 0) is 20.7 Å². The first kappa shape index (κ1) is 21.2. The van der Waals surface area contributed by atoms with Crippen LogP contribution in [0.5, 0.6) is 5.75 Å². The molecule has 0 aliphatic heterocycles. The lowest BCUT2D eigenvalue weighted by Crippen LogP contribution is -2.17. The molecule has 2 rings (SSSR count). The Bertz CT molecular complexity index is 976. The number of hydrogen-bond acceptors (Lipinski definition) is 5. The molecule has 0 atom stereocenters. The van der Waals surface area contributed by atoms with Crippen molar-refractivity contribution in [3.05, 3.63) is 50.6 Å². The van der Waals surface area contributed by atoms with E-state index >= 15 is 0 Å². The predicted octanol–water partition coefficient (Wildman–Crippen LogP) is 5.39. The molecule has 0 saturated heterocycles. The van der Waals surface area contributed by atoms with Crippen LogP contribution in [0.25, 0.3) is 6.08 Å². The van der Waals surface area contributed by atoms with Crippen LogP contribution in [0.3, 0.4) is 0 Å². The molecular weight excluding hydrogens is 378 g/mol. The summed E-state index contributed by atoms with van der Waals surface area (Å²) in [5, 5.41) is 23.5. The number of sulfone groups is 1. The lowest BCUT2D eigenvalue weighted by Gasteiger charge is -2.28. The van der Waals surface area contributed by atoms with Crippen molar-refractivity contribution in [3.8, 4) is 11.8 Å². The van der Waals surface area contributed by atoms with Crippen molar-refractivity contribution in [2.45, 2.75) is 57.3 Å². The number of thiophene rings is 1. The van der Waals surface area contributed by atoms with Gasteiger partial charge < -0.3 is 5.11 Å². The molecule has 0 bridgehead atoms. The molecule has 0 aliphatic carbocycles. The molecule has 0 aliphatic rings. The molecule has 1 aromatic heterocycles. The second kappa shape index (κ2) is 7.14. The maximum absolute atomic E-state index is 12.7. The average Bonchev–Trinajstić information content (AvgIpc) is 3.06. The minimum Gasteiger partial charge on any atom is -0.507 e. The standard InChI is InChI=1S/C21H25NO3S2/c1-20(2,3)17-10-14(11-18(19(17)23)21(4,5)6)9-16(12-22)27(24,25)15-7-8-26-13-15/h7-11,13,23H,1-6H3/b16-9+. The van der Waals surface area contributed by atoms with Crippen molar-refractivity contribution < 1.29 is 13.5 Å². The topological polar surface area (TPSA) is 78.2 Å². The Labute approximate surface area is 165 Å². The molecule has 0 radical (unpaired) electrons. The summed E-state index contributed by atoms with van der Waals surface area (Å²) in [6.45, 7) is 11.9. The van der Waals surface area contributed by atoms with Crippen LogP contribution in [0.2, 0.25) is 0 Å². The zero-order valence-corrected chi connectivity index (χ0v) is 18.1. The Morgan fingerprint density at radius 1 is 1.11 bits per heavy atom. The van der Waals surface area contributed by atoms with Gasteiger partial charge in [0.25, 0.3) is 0 Å². The van der Waals surface area contributed by atoms with E-state index in [4.69, 9.17) is 0 Å². The van der Waals surface area contributed by atoms with Crippen molar-refractivity contribution in [2.24, 2.45) is 0 Å². The second-order valence-electron chi connectivity index (χ2n) is 8.55. The number of allylic oxidation sites excluding steroid dienone is 1. The normalized spacial score (nSPS) is 13.4. The van der Waals surface area contributed by atoms with Gasteiger partial charge in [-0.25, -0.2) is 8.42 Å². The summed E-state index contributed by atoms with van der Waals surface area (Å²) in [7, 11) is -3.86. The molecule has 27 heavy (non-hydrogen) atoms. The summed E-state index contributed by atoms with van der Waals surface area (Å²) in [6, 6.07) is 6.82. The van der Waals surface area contributed by atoms with Gasteiger partial charge in [-0.3, -0.25) is 0 Å². The van der Waals surface area contributed by atoms with Crippen molar-refractivity contribution in [1.82, 2.24) is 0 Å². The summed E-state index contributed by atoms with van der Waals surface area (Å²) in [4.78, 5) is -0.197. The van der Waals surface area contributed by atoms with Gasteiger partial charge in [-0.2, -0.15) is 16.6 Å². The van der Waals surface area contributed by atoms with E-state index in [1.54, 1.807) is 17.5 Å². The fourth-order valence-electron chi connectivity index (χ4n) is 2.74. The van der Waals surface area contributed by atoms with E-state index < -0.39 is 9.84 Å². The molecule has 1 aromatic carbocycles. The molecule has 4 nitrogen and oxygen atoms in total. The number of phenols is 1. The highest BCUT2D eigenvalue weighted by Gasteiger charge is 2.27. The van der Waals surface area contributed by atoms with Crippen LogP contribution < -0.4 is 0 Å². The van der Waals surface area contributed by atoms with Crippen LogP contribution in [0, 0.1) is 11.3 Å². The Hall–Kier alpha value is -2.10. The third kappa shape index (κ3) is 4.42. The molecular formula is C21H25NO3S2. The SMILES string of the molecule is CC(C)(C)c1cc(/C=C(\C#N)S(=O)(=O)c2ccsc2)cc(C(C)(C)C)c1O. The first-order chi connectivity index (χ1) is 12.3. The van der Waals surface area contributed by atoms with Gasteiger partial charge in [0.05, 0.1) is 4.90 Å². The average molecular weight is 404 g/mol. The van der Waals surface area contributed by atoms with Crippen molar-refractivity contribution >= 4 is 27.3 Å². The monoisotopic (exact) mass is 403 g/mol. The number of aromatic hydroxyl groups is 1. The van der Waals surface area contributed by atoms with E-state index in [-0.39, 0.29) is 26.4 Å². The third-order valence-corrected chi connectivity index (χ3v) is 6.75. The molecule has 0 spiro atoms. The van der Waals surface area contributed by atoms with E-state index in [2.05, 4.69) is 0 Å².